The molecule has 1 unspecified atom stereocenters. The molecule has 0 saturated carbocycles. The molecule has 0 aromatic heterocycles. The van der Waals surface area contributed by atoms with Crippen molar-refractivity contribution in [1.29, 1.82) is 0 Å². The Morgan fingerprint density at radius 1 is 1.50 bits per heavy atom. The molecule has 0 aromatic rings. The highest BCUT2D eigenvalue weighted by molar-refractivity contribution is 5.67. The molecule has 0 heterocycles. The molecule has 0 aliphatic carbocycles. The lowest BCUT2D eigenvalue weighted by Gasteiger charge is -2.04. The predicted octanol–water partition coefficient (Wildman–Crippen LogP) is 1.57. The molecule has 1 atom stereocenters. The van der Waals surface area contributed by atoms with Crippen molar-refractivity contribution in [2.45, 2.75) is 38.7 Å². The van der Waals surface area contributed by atoms with Gasteiger partial charge in [-0.15, -0.1) is 0 Å². The molecule has 12 heavy (non-hydrogen) atoms. The molecule has 0 aliphatic rings. The summed E-state index contributed by atoms with van der Waals surface area (Å²) in [6.45, 7) is 2.03. The average molecular weight is 172 g/mol. The molecule has 0 bridgehead atoms. The van der Waals surface area contributed by atoms with Crippen molar-refractivity contribution in [3.8, 4) is 0 Å². The Hall–Kier alpha value is -0.830. The SMILES string of the molecule is CCC=CCCC(O)CC(=O)O. The van der Waals surface area contributed by atoms with E-state index < -0.39 is 12.1 Å². The Bertz CT molecular complexity index is 152. The second kappa shape index (κ2) is 6.85. The van der Waals surface area contributed by atoms with Gasteiger partial charge in [-0.2, -0.15) is 0 Å². The average Bonchev–Trinajstić information content (AvgIpc) is 1.97. The Labute approximate surface area is 72.7 Å². The summed E-state index contributed by atoms with van der Waals surface area (Å²) >= 11 is 0. The van der Waals surface area contributed by atoms with Crippen molar-refractivity contribution in [3.05, 3.63) is 12.2 Å². The zero-order chi connectivity index (χ0) is 9.40. The summed E-state index contributed by atoms with van der Waals surface area (Å²) < 4.78 is 0. The number of aliphatic hydroxyl groups excluding tert-OH is 1. The zero-order valence-corrected chi connectivity index (χ0v) is 7.36. The molecule has 0 spiro atoms. The van der Waals surface area contributed by atoms with Crippen molar-refractivity contribution in [1.82, 2.24) is 0 Å². The van der Waals surface area contributed by atoms with Crippen molar-refractivity contribution >= 4 is 5.97 Å². The molecule has 0 rings (SSSR count). The van der Waals surface area contributed by atoms with Gasteiger partial charge >= 0.3 is 5.97 Å². The van der Waals surface area contributed by atoms with Crippen LogP contribution in [0.2, 0.25) is 0 Å². The largest absolute Gasteiger partial charge is 0.481 e. The third-order valence-electron chi connectivity index (χ3n) is 1.48. The number of rotatable bonds is 6. The smallest absolute Gasteiger partial charge is 0.305 e. The van der Waals surface area contributed by atoms with Crippen LogP contribution in [-0.2, 0) is 4.79 Å². The lowest BCUT2D eigenvalue weighted by Crippen LogP contribution is -2.12. The number of allylic oxidation sites excluding steroid dienone is 2. The van der Waals surface area contributed by atoms with Gasteiger partial charge in [-0.25, -0.2) is 0 Å². The van der Waals surface area contributed by atoms with Crippen molar-refractivity contribution < 1.29 is 15.0 Å². The van der Waals surface area contributed by atoms with Crippen LogP contribution in [0.15, 0.2) is 12.2 Å². The summed E-state index contributed by atoms with van der Waals surface area (Å²) in [6.07, 6.45) is 5.38. The van der Waals surface area contributed by atoms with E-state index in [2.05, 4.69) is 0 Å². The highest BCUT2D eigenvalue weighted by Crippen LogP contribution is 2.02. The second-order valence-electron chi connectivity index (χ2n) is 2.71. The van der Waals surface area contributed by atoms with E-state index in [1.807, 2.05) is 19.1 Å². The first kappa shape index (κ1) is 11.2. The maximum atomic E-state index is 10.1. The van der Waals surface area contributed by atoms with Gasteiger partial charge in [0.1, 0.15) is 0 Å². The summed E-state index contributed by atoms with van der Waals surface area (Å²) in [4.78, 5) is 10.1. The van der Waals surface area contributed by atoms with Gasteiger partial charge in [0.15, 0.2) is 0 Å². The van der Waals surface area contributed by atoms with E-state index in [-0.39, 0.29) is 6.42 Å². The van der Waals surface area contributed by atoms with E-state index in [0.29, 0.717) is 6.42 Å². The monoisotopic (exact) mass is 172 g/mol. The van der Waals surface area contributed by atoms with E-state index in [4.69, 9.17) is 10.2 Å². The van der Waals surface area contributed by atoms with Gasteiger partial charge < -0.3 is 10.2 Å². The van der Waals surface area contributed by atoms with Gasteiger partial charge in [0.25, 0.3) is 0 Å². The summed E-state index contributed by atoms with van der Waals surface area (Å²) in [5.41, 5.74) is 0. The predicted molar refractivity (Wildman–Crippen MR) is 46.9 cm³/mol. The molecule has 70 valence electrons. The minimum absolute atomic E-state index is 0.153. The lowest BCUT2D eigenvalue weighted by atomic mass is 10.1. The van der Waals surface area contributed by atoms with Crippen LogP contribution in [0.25, 0.3) is 0 Å². The van der Waals surface area contributed by atoms with E-state index in [0.717, 1.165) is 12.8 Å². The normalized spacial score (nSPS) is 13.5. The van der Waals surface area contributed by atoms with Crippen molar-refractivity contribution in [2.24, 2.45) is 0 Å². The minimum Gasteiger partial charge on any atom is -0.481 e. The van der Waals surface area contributed by atoms with Crippen LogP contribution in [-0.4, -0.2) is 22.3 Å². The van der Waals surface area contributed by atoms with Gasteiger partial charge in [-0.3, -0.25) is 4.79 Å². The minimum atomic E-state index is -0.943. The van der Waals surface area contributed by atoms with Gasteiger partial charge in [0.2, 0.25) is 0 Å². The number of aliphatic carboxylic acids is 1. The molecular weight excluding hydrogens is 156 g/mol. The maximum absolute atomic E-state index is 10.1. The van der Waals surface area contributed by atoms with Crippen LogP contribution in [0, 0.1) is 0 Å². The fourth-order valence-electron chi connectivity index (χ4n) is 0.877. The van der Waals surface area contributed by atoms with Gasteiger partial charge in [0.05, 0.1) is 12.5 Å². The highest BCUT2D eigenvalue weighted by Gasteiger charge is 2.07. The molecule has 0 aliphatic heterocycles. The number of carboxylic acids is 1. The summed E-state index contributed by atoms with van der Waals surface area (Å²) in [7, 11) is 0. The van der Waals surface area contributed by atoms with Gasteiger partial charge in [-0.1, -0.05) is 19.1 Å². The molecule has 0 aromatic carbocycles. The van der Waals surface area contributed by atoms with Crippen LogP contribution in [0.4, 0.5) is 0 Å². The zero-order valence-electron chi connectivity index (χ0n) is 7.36. The first-order valence-electron chi connectivity index (χ1n) is 4.21. The Morgan fingerprint density at radius 2 is 2.17 bits per heavy atom. The number of carboxylic acid groups (broad SMARTS) is 1. The fraction of sp³-hybridized carbons (Fsp3) is 0.667. The molecule has 3 heteroatoms. The Balaban J connectivity index is 3.37. The molecular formula is C9H16O3. The number of hydrogen-bond donors (Lipinski definition) is 2. The van der Waals surface area contributed by atoms with Crippen LogP contribution in [0.5, 0.6) is 0 Å². The quantitative estimate of drug-likeness (QED) is 0.598. The van der Waals surface area contributed by atoms with Crippen LogP contribution >= 0.6 is 0 Å². The lowest BCUT2D eigenvalue weighted by molar-refractivity contribution is -0.139. The van der Waals surface area contributed by atoms with E-state index >= 15 is 0 Å². The van der Waals surface area contributed by atoms with Crippen molar-refractivity contribution in [3.63, 3.8) is 0 Å². The number of aliphatic hydroxyl groups is 1. The Morgan fingerprint density at radius 3 is 2.67 bits per heavy atom. The van der Waals surface area contributed by atoms with Gasteiger partial charge in [0, 0.05) is 0 Å². The number of carbonyl (C=O) groups is 1. The molecule has 0 radical (unpaired) electrons. The third-order valence-corrected chi connectivity index (χ3v) is 1.48. The van der Waals surface area contributed by atoms with Crippen LogP contribution in [0.1, 0.15) is 32.6 Å². The Kier molecular flexibility index (Phi) is 6.38. The summed E-state index contributed by atoms with van der Waals surface area (Å²) in [5.74, 6) is -0.943. The first-order valence-corrected chi connectivity index (χ1v) is 4.21. The van der Waals surface area contributed by atoms with Crippen LogP contribution in [0.3, 0.4) is 0 Å². The van der Waals surface area contributed by atoms with Crippen LogP contribution < -0.4 is 0 Å². The molecule has 0 saturated heterocycles. The van der Waals surface area contributed by atoms with Crippen molar-refractivity contribution in [2.75, 3.05) is 0 Å². The fourth-order valence-corrected chi connectivity index (χ4v) is 0.877. The van der Waals surface area contributed by atoms with Gasteiger partial charge in [-0.05, 0) is 19.3 Å². The highest BCUT2D eigenvalue weighted by atomic mass is 16.4. The summed E-state index contributed by atoms with van der Waals surface area (Å²) in [5, 5.41) is 17.4. The molecule has 2 N–H and O–H groups in total. The molecule has 3 nitrogen and oxygen atoms in total. The first-order chi connectivity index (χ1) is 5.66. The molecule has 0 amide bonds. The van der Waals surface area contributed by atoms with E-state index in [9.17, 15) is 4.79 Å². The standard InChI is InChI=1S/C9H16O3/c1-2-3-4-5-6-8(10)7-9(11)12/h3-4,8,10H,2,5-7H2,1H3,(H,11,12). The topological polar surface area (TPSA) is 57.5 Å². The van der Waals surface area contributed by atoms with E-state index in [1.165, 1.54) is 0 Å². The third kappa shape index (κ3) is 7.28. The maximum Gasteiger partial charge on any atom is 0.305 e. The van der Waals surface area contributed by atoms with E-state index in [1.54, 1.807) is 0 Å². The summed E-state index contributed by atoms with van der Waals surface area (Å²) in [6, 6.07) is 0. The molecule has 0 fully saturated rings. The second-order valence-corrected chi connectivity index (χ2v) is 2.71. The number of hydrogen-bond acceptors (Lipinski definition) is 2.